The third-order valence-corrected chi connectivity index (χ3v) is 6.21. The molecule has 1 nitrogen and oxygen atoms in total. The zero-order valence-corrected chi connectivity index (χ0v) is 12.8. The maximum atomic E-state index is 2.46. The van der Waals surface area contributed by atoms with Crippen molar-refractivity contribution in [3.05, 3.63) is 70.1 Å². The van der Waals surface area contributed by atoms with Crippen molar-refractivity contribution in [1.82, 2.24) is 4.57 Å². The first kappa shape index (κ1) is 11.8. The Bertz CT molecular complexity index is 853. The van der Waals surface area contributed by atoms with E-state index in [0.29, 0.717) is 17.8 Å². The Morgan fingerprint density at radius 1 is 1.10 bits per heavy atom. The fourth-order valence-electron chi connectivity index (χ4n) is 4.43. The van der Waals surface area contributed by atoms with Crippen molar-refractivity contribution >= 4 is 22.2 Å². The number of thiophene rings is 1. The number of fused-ring (bicyclic) bond motifs is 6. The Kier molecular flexibility index (Phi) is 2.31. The molecule has 3 unspecified atom stereocenters. The molecule has 21 heavy (non-hydrogen) atoms. The SMILES string of the molecule is Cn1c2c(c3ccccc31)C(c1cccs1)C1C=CC2C1. The summed E-state index contributed by atoms with van der Waals surface area (Å²) in [7, 11) is 2.24. The molecule has 2 bridgehead atoms. The summed E-state index contributed by atoms with van der Waals surface area (Å²) in [6.45, 7) is 0. The Morgan fingerprint density at radius 3 is 2.86 bits per heavy atom. The molecule has 2 heteroatoms. The molecule has 3 aromatic rings. The van der Waals surface area contributed by atoms with Crippen molar-refractivity contribution in [3.63, 3.8) is 0 Å². The molecule has 2 heterocycles. The van der Waals surface area contributed by atoms with E-state index in [4.69, 9.17) is 0 Å². The smallest absolute Gasteiger partial charge is 0.0483 e. The second kappa shape index (κ2) is 4.11. The van der Waals surface area contributed by atoms with E-state index in [-0.39, 0.29) is 0 Å². The summed E-state index contributed by atoms with van der Waals surface area (Å²) in [6.07, 6.45) is 6.18. The first-order valence-electron chi connectivity index (χ1n) is 7.63. The van der Waals surface area contributed by atoms with Crippen LogP contribution in [0.25, 0.3) is 10.9 Å². The predicted molar refractivity (Wildman–Crippen MR) is 89.1 cm³/mol. The van der Waals surface area contributed by atoms with Crippen LogP contribution in [0, 0.1) is 5.92 Å². The molecule has 0 spiro atoms. The molecule has 104 valence electrons. The summed E-state index contributed by atoms with van der Waals surface area (Å²) in [4.78, 5) is 1.52. The minimum absolute atomic E-state index is 0.543. The van der Waals surface area contributed by atoms with Crippen molar-refractivity contribution in [3.8, 4) is 0 Å². The minimum atomic E-state index is 0.543. The highest BCUT2D eigenvalue weighted by atomic mass is 32.1. The number of nitrogens with zero attached hydrogens (tertiary/aromatic N) is 1. The van der Waals surface area contributed by atoms with E-state index >= 15 is 0 Å². The highest BCUT2D eigenvalue weighted by Crippen LogP contribution is 2.54. The van der Waals surface area contributed by atoms with Crippen LogP contribution in [0.3, 0.4) is 0 Å². The van der Waals surface area contributed by atoms with Gasteiger partial charge >= 0.3 is 0 Å². The van der Waals surface area contributed by atoms with Gasteiger partial charge in [-0.3, -0.25) is 0 Å². The van der Waals surface area contributed by atoms with Crippen LogP contribution >= 0.6 is 11.3 Å². The first-order valence-corrected chi connectivity index (χ1v) is 8.51. The van der Waals surface area contributed by atoms with E-state index in [9.17, 15) is 0 Å². The fraction of sp³-hybridized carbons (Fsp3) is 0.263. The van der Waals surface area contributed by atoms with Gasteiger partial charge in [-0.2, -0.15) is 0 Å². The topological polar surface area (TPSA) is 4.93 Å². The van der Waals surface area contributed by atoms with Crippen LogP contribution in [0.5, 0.6) is 0 Å². The van der Waals surface area contributed by atoms with Gasteiger partial charge in [0.25, 0.3) is 0 Å². The zero-order chi connectivity index (χ0) is 14.0. The summed E-state index contributed by atoms with van der Waals surface area (Å²) in [6, 6.07) is 13.4. The van der Waals surface area contributed by atoms with Gasteiger partial charge < -0.3 is 4.57 Å². The van der Waals surface area contributed by atoms with E-state index in [1.807, 2.05) is 11.3 Å². The second-order valence-electron chi connectivity index (χ2n) is 6.26. The lowest BCUT2D eigenvalue weighted by Gasteiger charge is -2.30. The molecule has 0 aliphatic heterocycles. The highest BCUT2D eigenvalue weighted by Gasteiger charge is 2.40. The lowest BCUT2D eigenvalue weighted by Crippen LogP contribution is -2.19. The maximum absolute atomic E-state index is 2.46. The lowest BCUT2D eigenvalue weighted by molar-refractivity contribution is 0.491. The number of aryl methyl sites for hydroxylation is 1. The average Bonchev–Trinajstić information content (AvgIpc) is 3.22. The van der Waals surface area contributed by atoms with E-state index < -0.39 is 0 Å². The fourth-order valence-corrected chi connectivity index (χ4v) is 5.34. The van der Waals surface area contributed by atoms with Crippen LogP contribution < -0.4 is 0 Å². The summed E-state index contributed by atoms with van der Waals surface area (Å²) >= 11 is 1.91. The molecule has 2 aliphatic rings. The maximum Gasteiger partial charge on any atom is 0.0483 e. The van der Waals surface area contributed by atoms with Crippen LogP contribution in [0.1, 0.15) is 34.4 Å². The molecular weight excluding hydrogens is 274 g/mol. The van der Waals surface area contributed by atoms with E-state index in [1.54, 1.807) is 11.3 Å². The Balaban J connectivity index is 1.89. The second-order valence-corrected chi connectivity index (χ2v) is 7.24. The van der Waals surface area contributed by atoms with E-state index in [1.165, 1.54) is 22.2 Å². The molecule has 1 aromatic carbocycles. The summed E-state index contributed by atoms with van der Waals surface area (Å²) < 4.78 is 2.43. The Hall–Kier alpha value is -1.80. The van der Waals surface area contributed by atoms with Gasteiger partial charge in [0.05, 0.1) is 0 Å². The number of rotatable bonds is 1. The highest BCUT2D eigenvalue weighted by molar-refractivity contribution is 7.10. The summed E-state index contributed by atoms with van der Waals surface area (Å²) in [5, 5.41) is 3.66. The van der Waals surface area contributed by atoms with Crippen LogP contribution in [-0.4, -0.2) is 4.57 Å². The number of allylic oxidation sites excluding steroid dienone is 2. The molecule has 3 atom stereocenters. The van der Waals surface area contributed by atoms with Crippen molar-refractivity contribution in [1.29, 1.82) is 0 Å². The van der Waals surface area contributed by atoms with Gasteiger partial charge in [-0.25, -0.2) is 0 Å². The first-order chi connectivity index (χ1) is 10.3. The number of benzene rings is 1. The van der Waals surface area contributed by atoms with Gasteiger partial charge in [-0.1, -0.05) is 36.4 Å². The average molecular weight is 291 g/mol. The third-order valence-electron chi connectivity index (χ3n) is 5.25. The molecule has 0 saturated heterocycles. The van der Waals surface area contributed by atoms with Gasteiger partial charge in [-0.15, -0.1) is 11.3 Å². The summed E-state index contributed by atoms with van der Waals surface area (Å²) in [5.41, 5.74) is 4.51. The Morgan fingerprint density at radius 2 is 2.00 bits per heavy atom. The largest absolute Gasteiger partial charge is 0.347 e. The van der Waals surface area contributed by atoms with Gasteiger partial charge in [0.1, 0.15) is 0 Å². The number of hydrogen-bond donors (Lipinski definition) is 0. The zero-order valence-electron chi connectivity index (χ0n) is 12.0. The standard InChI is InChI=1S/C19H17NS/c1-20-15-6-3-2-5-14(15)18-17(16-7-4-10-21-16)12-8-9-13(11-12)19(18)20/h2-10,12-13,17H,11H2,1H3. The molecule has 0 amide bonds. The third kappa shape index (κ3) is 1.46. The van der Waals surface area contributed by atoms with Crippen LogP contribution in [0.2, 0.25) is 0 Å². The molecule has 0 fully saturated rings. The quantitative estimate of drug-likeness (QED) is 0.553. The summed E-state index contributed by atoms with van der Waals surface area (Å²) in [5.74, 6) is 1.83. The molecule has 0 N–H and O–H groups in total. The van der Waals surface area contributed by atoms with Gasteiger partial charge in [-0.05, 0) is 35.4 Å². The monoisotopic (exact) mass is 291 g/mol. The van der Waals surface area contributed by atoms with Crippen molar-refractivity contribution in [2.45, 2.75) is 18.3 Å². The van der Waals surface area contributed by atoms with Crippen molar-refractivity contribution in [2.24, 2.45) is 13.0 Å². The number of para-hydroxylation sites is 1. The molecule has 5 rings (SSSR count). The predicted octanol–water partition coefficient (Wildman–Crippen LogP) is 5.05. The van der Waals surface area contributed by atoms with Crippen LogP contribution in [0.4, 0.5) is 0 Å². The number of aromatic nitrogens is 1. The van der Waals surface area contributed by atoms with Gasteiger partial charge in [0.15, 0.2) is 0 Å². The van der Waals surface area contributed by atoms with Crippen LogP contribution in [0.15, 0.2) is 53.9 Å². The van der Waals surface area contributed by atoms with Crippen LogP contribution in [-0.2, 0) is 7.05 Å². The van der Waals surface area contributed by atoms with Gasteiger partial charge in [0.2, 0.25) is 0 Å². The van der Waals surface area contributed by atoms with Crippen molar-refractivity contribution < 1.29 is 0 Å². The molecule has 2 aliphatic carbocycles. The molecule has 0 radical (unpaired) electrons. The Labute approximate surface area is 128 Å². The van der Waals surface area contributed by atoms with Gasteiger partial charge in [0, 0.05) is 40.4 Å². The van der Waals surface area contributed by atoms with E-state index in [0.717, 1.165) is 0 Å². The normalized spacial score (nSPS) is 26.4. The molecular formula is C19H17NS. The number of hydrogen-bond acceptors (Lipinski definition) is 1. The van der Waals surface area contributed by atoms with E-state index in [2.05, 4.69) is 65.5 Å². The van der Waals surface area contributed by atoms with Crippen molar-refractivity contribution in [2.75, 3.05) is 0 Å². The minimum Gasteiger partial charge on any atom is -0.347 e. The molecule has 2 aromatic heterocycles. The molecule has 0 saturated carbocycles. The lowest BCUT2D eigenvalue weighted by atomic mass is 9.76.